The Morgan fingerprint density at radius 2 is 1.90 bits per heavy atom. The zero-order chi connectivity index (χ0) is 14.5. The molecule has 1 saturated carbocycles. The summed E-state index contributed by atoms with van der Waals surface area (Å²) in [6.07, 6.45) is 7.78. The van der Waals surface area contributed by atoms with Crippen LogP contribution in [0.15, 0.2) is 18.2 Å². The number of hydrogen-bond acceptors (Lipinski definition) is 3. The Morgan fingerprint density at radius 3 is 2.55 bits per heavy atom. The van der Waals surface area contributed by atoms with Crippen molar-refractivity contribution in [2.75, 3.05) is 0 Å². The molecule has 0 radical (unpaired) electrons. The van der Waals surface area contributed by atoms with Crippen molar-refractivity contribution in [3.63, 3.8) is 0 Å². The molecule has 0 bridgehead atoms. The van der Waals surface area contributed by atoms with Crippen LogP contribution in [-0.4, -0.2) is 16.3 Å². The topological polar surface area (TPSA) is 52.5 Å². The average Bonchev–Trinajstić information content (AvgIpc) is 2.48. The molecule has 2 unspecified atom stereocenters. The summed E-state index contributed by atoms with van der Waals surface area (Å²) < 4.78 is 0. The number of nitrogens with one attached hydrogen (secondary N) is 1. The number of phenols is 2. The van der Waals surface area contributed by atoms with Gasteiger partial charge in [0.25, 0.3) is 0 Å². The molecule has 0 aliphatic heterocycles. The maximum absolute atomic E-state index is 9.95. The van der Waals surface area contributed by atoms with Gasteiger partial charge in [-0.05, 0) is 50.3 Å². The largest absolute Gasteiger partial charge is 0.508 e. The number of phenolic OH excluding ortho intramolecular Hbond substituents is 2. The van der Waals surface area contributed by atoms with E-state index in [1.807, 2.05) is 0 Å². The highest BCUT2D eigenvalue weighted by molar-refractivity contribution is 5.40. The predicted octanol–water partition coefficient (Wildman–Crippen LogP) is 4.11. The Bertz CT molecular complexity index is 427. The quantitative estimate of drug-likeness (QED) is 0.710. The standard InChI is InChI=1S/C17H27NO2/c1-3-16(13-7-5-4-6-8-13)18-12(2)15-11-14(19)9-10-17(15)20/h9-13,16,18-20H,3-8H2,1-2H3. The van der Waals surface area contributed by atoms with Crippen molar-refractivity contribution in [3.05, 3.63) is 23.8 Å². The second-order valence-corrected chi connectivity index (χ2v) is 6.04. The van der Waals surface area contributed by atoms with E-state index in [-0.39, 0.29) is 17.5 Å². The first-order valence-corrected chi connectivity index (χ1v) is 7.89. The Labute approximate surface area is 122 Å². The highest BCUT2D eigenvalue weighted by Crippen LogP contribution is 2.32. The van der Waals surface area contributed by atoms with E-state index in [4.69, 9.17) is 0 Å². The van der Waals surface area contributed by atoms with Gasteiger partial charge in [0, 0.05) is 17.6 Å². The van der Waals surface area contributed by atoms with E-state index in [1.54, 1.807) is 12.1 Å². The molecule has 3 N–H and O–H groups in total. The molecule has 0 heterocycles. The van der Waals surface area contributed by atoms with Crippen LogP contribution in [0.5, 0.6) is 11.5 Å². The highest BCUT2D eigenvalue weighted by Gasteiger charge is 2.24. The van der Waals surface area contributed by atoms with E-state index in [1.165, 1.54) is 38.2 Å². The lowest BCUT2D eigenvalue weighted by Crippen LogP contribution is -2.38. The average molecular weight is 277 g/mol. The number of benzene rings is 1. The zero-order valence-electron chi connectivity index (χ0n) is 12.6. The van der Waals surface area contributed by atoms with Gasteiger partial charge in [0.15, 0.2) is 0 Å². The molecule has 0 spiro atoms. The van der Waals surface area contributed by atoms with Crippen molar-refractivity contribution in [3.8, 4) is 11.5 Å². The normalized spacial score (nSPS) is 19.7. The van der Waals surface area contributed by atoms with Gasteiger partial charge < -0.3 is 15.5 Å². The molecule has 2 atom stereocenters. The lowest BCUT2D eigenvalue weighted by atomic mass is 9.82. The van der Waals surface area contributed by atoms with Crippen molar-refractivity contribution in [2.45, 2.75) is 64.5 Å². The van der Waals surface area contributed by atoms with E-state index in [9.17, 15) is 10.2 Å². The van der Waals surface area contributed by atoms with Gasteiger partial charge in [-0.3, -0.25) is 0 Å². The minimum absolute atomic E-state index is 0.0500. The molecule has 112 valence electrons. The van der Waals surface area contributed by atoms with Gasteiger partial charge >= 0.3 is 0 Å². The van der Waals surface area contributed by atoms with Crippen molar-refractivity contribution in [1.29, 1.82) is 0 Å². The van der Waals surface area contributed by atoms with Crippen molar-refractivity contribution < 1.29 is 10.2 Å². The van der Waals surface area contributed by atoms with Crippen LogP contribution < -0.4 is 5.32 Å². The first-order valence-electron chi connectivity index (χ1n) is 7.89. The monoisotopic (exact) mass is 277 g/mol. The molecule has 20 heavy (non-hydrogen) atoms. The predicted molar refractivity (Wildman–Crippen MR) is 82.0 cm³/mol. The second-order valence-electron chi connectivity index (χ2n) is 6.04. The summed E-state index contributed by atoms with van der Waals surface area (Å²) in [5, 5.41) is 23.2. The van der Waals surface area contributed by atoms with E-state index >= 15 is 0 Å². The lowest BCUT2D eigenvalue weighted by molar-refractivity contribution is 0.248. The summed E-state index contributed by atoms with van der Waals surface area (Å²) in [5.41, 5.74) is 0.777. The minimum atomic E-state index is 0.0500. The number of rotatable bonds is 5. The third kappa shape index (κ3) is 3.66. The van der Waals surface area contributed by atoms with Crippen molar-refractivity contribution >= 4 is 0 Å². The summed E-state index contributed by atoms with van der Waals surface area (Å²) >= 11 is 0. The molecule has 0 saturated heterocycles. The van der Waals surface area contributed by atoms with Crippen LogP contribution in [0.2, 0.25) is 0 Å². The van der Waals surface area contributed by atoms with E-state index in [0.29, 0.717) is 6.04 Å². The fraction of sp³-hybridized carbons (Fsp3) is 0.647. The molecule has 1 aromatic rings. The molecular weight excluding hydrogens is 250 g/mol. The lowest BCUT2D eigenvalue weighted by Gasteiger charge is -2.33. The van der Waals surface area contributed by atoms with Crippen LogP contribution in [0, 0.1) is 5.92 Å². The first kappa shape index (κ1) is 15.2. The van der Waals surface area contributed by atoms with Crippen LogP contribution in [0.1, 0.15) is 64.0 Å². The van der Waals surface area contributed by atoms with Crippen molar-refractivity contribution in [2.24, 2.45) is 5.92 Å². The number of aromatic hydroxyl groups is 2. The van der Waals surface area contributed by atoms with Gasteiger partial charge in [-0.15, -0.1) is 0 Å². The Hall–Kier alpha value is -1.22. The molecule has 3 nitrogen and oxygen atoms in total. The molecular formula is C17H27NO2. The van der Waals surface area contributed by atoms with Crippen LogP contribution >= 0.6 is 0 Å². The fourth-order valence-corrected chi connectivity index (χ4v) is 3.42. The molecule has 0 amide bonds. The Morgan fingerprint density at radius 1 is 1.20 bits per heavy atom. The summed E-state index contributed by atoms with van der Waals surface area (Å²) in [4.78, 5) is 0. The summed E-state index contributed by atoms with van der Waals surface area (Å²) in [6.45, 7) is 4.28. The molecule has 1 fully saturated rings. The van der Waals surface area contributed by atoms with Gasteiger partial charge in [0.05, 0.1) is 0 Å². The number of hydrogen-bond donors (Lipinski definition) is 3. The minimum Gasteiger partial charge on any atom is -0.508 e. The summed E-state index contributed by atoms with van der Waals surface area (Å²) in [7, 11) is 0. The first-order chi connectivity index (χ1) is 9.61. The molecule has 0 aromatic heterocycles. The molecule has 1 aromatic carbocycles. The van der Waals surface area contributed by atoms with Gasteiger partial charge in [-0.1, -0.05) is 26.2 Å². The maximum atomic E-state index is 9.95. The highest BCUT2D eigenvalue weighted by atomic mass is 16.3. The SMILES string of the molecule is CCC(NC(C)c1cc(O)ccc1O)C1CCCCC1. The van der Waals surface area contributed by atoms with Gasteiger partial charge in [-0.25, -0.2) is 0 Å². The van der Waals surface area contributed by atoms with Crippen LogP contribution in [0.3, 0.4) is 0 Å². The van der Waals surface area contributed by atoms with Crippen LogP contribution in [0.4, 0.5) is 0 Å². The fourth-order valence-electron chi connectivity index (χ4n) is 3.42. The summed E-state index contributed by atoms with van der Waals surface area (Å²) in [5.74, 6) is 1.20. The van der Waals surface area contributed by atoms with Crippen LogP contribution in [0.25, 0.3) is 0 Å². The Kier molecular flexibility index (Phi) is 5.30. The third-order valence-electron chi connectivity index (χ3n) is 4.60. The molecule has 3 heteroatoms. The smallest absolute Gasteiger partial charge is 0.120 e. The maximum Gasteiger partial charge on any atom is 0.120 e. The molecule has 1 aliphatic rings. The molecule has 2 rings (SSSR count). The van der Waals surface area contributed by atoms with Crippen molar-refractivity contribution in [1.82, 2.24) is 5.32 Å². The van der Waals surface area contributed by atoms with Gasteiger partial charge in [-0.2, -0.15) is 0 Å². The van der Waals surface area contributed by atoms with Gasteiger partial charge in [0.1, 0.15) is 11.5 Å². The second kappa shape index (κ2) is 6.98. The van der Waals surface area contributed by atoms with Gasteiger partial charge in [0.2, 0.25) is 0 Å². The zero-order valence-corrected chi connectivity index (χ0v) is 12.6. The van der Waals surface area contributed by atoms with Crippen LogP contribution in [-0.2, 0) is 0 Å². The van der Waals surface area contributed by atoms with E-state index in [0.717, 1.165) is 17.9 Å². The third-order valence-corrected chi connectivity index (χ3v) is 4.60. The Balaban J connectivity index is 2.04. The van der Waals surface area contributed by atoms with E-state index < -0.39 is 0 Å². The summed E-state index contributed by atoms with van der Waals surface area (Å²) in [6, 6.07) is 5.27. The van der Waals surface area contributed by atoms with E-state index in [2.05, 4.69) is 19.2 Å². The molecule has 1 aliphatic carbocycles.